The van der Waals surface area contributed by atoms with Crippen molar-refractivity contribution in [3.63, 3.8) is 0 Å². The van der Waals surface area contributed by atoms with Crippen molar-refractivity contribution >= 4 is 27.0 Å². The molecule has 0 aliphatic rings. The lowest BCUT2D eigenvalue weighted by molar-refractivity contribution is -0.108. The SMILES string of the molecule is COC(=O)c1cc2c(OC)c(CN(CC(OC)OC)S(=O)(=O)c3ccc(C)cc3)cc(OC)c2o1. The van der Waals surface area contributed by atoms with Crippen LogP contribution in [0.5, 0.6) is 11.5 Å². The van der Waals surface area contributed by atoms with Crippen LogP contribution in [0.4, 0.5) is 0 Å². The first-order valence-electron chi connectivity index (χ1n) is 10.6. The summed E-state index contributed by atoms with van der Waals surface area (Å²) >= 11 is 0. The van der Waals surface area contributed by atoms with Crippen LogP contribution < -0.4 is 9.47 Å². The third-order valence-corrected chi connectivity index (χ3v) is 7.32. The van der Waals surface area contributed by atoms with Crippen LogP contribution in [0.15, 0.2) is 45.7 Å². The minimum atomic E-state index is -3.96. The molecule has 2 aromatic carbocycles. The van der Waals surface area contributed by atoms with Crippen molar-refractivity contribution in [2.75, 3.05) is 42.1 Å². The first-order chi connectivity index (χ1) is 16.7. The molecule has 0 saturated carbocycles. The largest absolute Gasteiger partial charge is 0.496 e. The van der Waals surface area contributed by atoms with Crippen molar-refractivity contribution in [1.82, 2.24) is 4.31 Å². The smallest absolute Gasteiger partial charge is 0.373 e. The van der Waals surface area contributed by atoms with Gasteiger partial charge in [0.2, 0.25) is 15.8 Å². The van der Waals surface area contributed by atoms with Crippen LogP contribution in [-0.2, 0) is 30.8 Å². The Morgan fingerprint density at radius 3 is 2.20 bits per heavy atom. The van der Waals surface area contributed by atoms with Gasteiger partial charge in [-0.05, 0) is 25.1 Å². The number of methoxy groups -OCH3 is 5. The Kier molecular flexibility index (Phi) is 8.39. The summed E-state index contributed by atoms with van der Waals surface area (Å²) in [7, 11) is 3.03. The van der Waals surface area contributed by atoms with E-state index in [0.29, 0.717) is 22.4 Å². The average molecular weight is 508 g/mol. The van der Waals surface area contributed by atoms with E-state index in [2.05, 4.69) is 0 Å². The molecular weight excluding hydrogens is 478 g/mol. The number of carbonyl (C=O) groups excluding carboxylic acids is 1. The number of furan rings is 1. The van der Waals surface area contributed by atoms with Crippen molar-refractivity contribution in [2.24, 2.45) is 0 Å². The second-order valence-electron chi connectivity index (χ2n) is 7.63. The van der Waals surface area contributed by atoms with Gasteiger partial charge in [0.25, 0.3) is 0 Å². The molecular formula is C24H29NO9S. The maximum atomic E-state index is 13.6. The molecule has 0 aliphatic heterocycles. The van der Waals surface area contributed by atoms with E-state index in [9.17, 15) is 13.2 Å². The van der Waals surface area contributed by atoms with E-state index < -0.39 is 22.3 Å². The average Bonchev–Trinajstić information content (AvgIpc) is 3.31. The zero-order valence-electron chi connectivity index (χ0n) is 20.5. The van der Waals surface area contributed by atoms with Crippen molar-refractivity contribution in [2.45, 2.75) is 24.7 Å². The molecule has 0 atom stereocenters. The topological polar surface area (TPSA) is 114 Å². The highest BCUT2D eigenvalue weighted by Gasteiger charge is 2.30. The van der Waals surface area contributed by atoms with Gasteiger partial charge in [-0.15, -0.1) is 0 Å². The van der Waals surface area contributed by atoms with Crippen molar-refractivity contribution in [3.8, 4) is 11.5 Å². The van der Waals surface area contributed by atoms with E-state index in [1.54, 1.807) is 30.3 Å². The third-order valence-electron chi connectivity index (χ3n) is 5.49. The van der Waals surface area contributed by atoms with Crippen molar-refractivity contribution in [1.29, 1.82) is 0 Å². The maximum absolute atomic E-state index is 13.6. The highest BCUT2D eigenvalue weighted by molar-refractivity contribution is 7.89. The lowest BCUT2D eigenvalue weighted by Crippen LogP contribution is -2.38. The molecule has 0 amide bonds. The van der Waals surface area contributed by atoms with Crippen molar-refractivity contribution in [3.05, 3.63) is 53.3 Å². The summed E-state index contributed by atoms with van der Waals surface area (Å²) in [4.78, 5) is 12.2. The number of hydrogen-bond donors (Lipinski definition) is 0. The molecule has 1 heterocycles. The van der Waals surface area contributed by atoms with Gasteiger partial charge in [-0.3, -0.25) is 0 Å². The van der Waals surface area contributed by atoms with E-state index in [1.807, 2.05) is 6.92 Å². The number of esters is 1. The number of rotatable bonds is 11. The first-order valence-corrected chi connectivity index (χ1v) is 12.0. The van der Waals surface area contributed by atoms with E-state index in [-0.39, 0.29) is 29.3 Å². The lowest BCUT2D eigenvalue weighted by Gasteiger charge is -2.26. The minimum Gasteiger partial charge on any atom is -0.496 e. The van der Waals surface area contributed by atoms with Crippen LogP contribution in [0, 0.1) is 6.92 Å². The van der Waals surface area contributed by atoms with Crippen LogP contribution >= 0.6 is 0 Å². The summed E-state index contributed by atoms with van der Waals surface area (Å²) in [6.45, 7) is 1.68. The summed E-state index contributed by atoms with van der Waals surface area (Å²) in [5, 5.41) is 0.435. The molecule has 0 fully saturated rings. The van der Waals surface area contributed by atoms with E-state index in [1.165, 1.54) is 45.9 Å². The Labute approximate surface area is 204 Å². The monoisotopic (exact) mass is 507 g/mol. The van der Waals surface area contributed by atoms with Gasteiger partial charge >= 0.3 is 5.97 Å². The van der Waals surface area contributed by atoms with Gasteiger partial charge in [-0.2, -0.15) is 4.31 Å². The predicted molar refractivity (Wildman–Crippen MR) is 127 cm³/mol. The van der Waals surface area contributed by atoms with Gasteiger partial charge in [0.1, 0.15) is 5.75 Å². The highest BCUT2D eigenvalue weighted by Crippen LogP contribution is 2.40. The number of hydrogen-bond acceptors (Lipinski definition) is 9. The Bertz CT molecular complexity index is 1280. The van der Waals surface area contributed by atoms with Crippen LogP contribution in [0.25, 0.3) is 11.0 Å². The number of sulfonamides is 1. The summed E-state index contributed by atoms with van der Waals surface area (Å²) in [5.41, 5.74) is 1.68. The molecule has 0 saturated heterocycles. The summed E-state index contributed by atoms with van der Waals surface area (Å²) < 4.78 is 60.5. The fraction of sp³-hybridized carbons (Fsp3) is 0.375. The number of ether oxygens (including phenoxy) is 5. The highest BCUT2D eigenvalue weighted by atomic mass is 32.2. The van der Waals surface area contributed by atoms with E-state index in [0.717, 1.165) is 5.56 Å². The van der Waals surface area contributed by atoms with Gasteiger partial charge in [-0.25, -0.2) is 13.2 Å². The number of fused-ring (bicyclic) bond motifs is 1. The Morgan fingerprint density at radius 1 is 1.00 bits per heavy atom. The molecule has 190 valence electrons. The second kappa shape index (κ2) is 11.1. The fourth-order valence-corrected chi connectivity index (χ4v) is 5.03. The third kappa shape index (κ3) is 5.43. The number of aryl methyl sites for hydroxylation is 1. The lowest BCUT2D eigenvalue weighted by atomic mass is 10.1. The predicted octanol–water partition coefficient (Wildman–Crippen LogP) is 3.35. The quantitative estimate of drug-likeness (QED) is 0.285. The summed E-state index contributed by atoms with van der Waals surface area (Å²) in [6, 6.07) is 9.63. The number of benzene rings is 2. The zero-order chi connectivity index (χ0) is 25.8. The molecule has 0 aliphatic carbocycles. The van der Waals surface area contributed by atoms with Gasteiger partial charge in [-0.1, -0.05) is 17.7 Å². The normalized spacial score (nSPS) is 11.9. The zero-order valence-corrected chi connectivity index (χ0v) is 21.3. The number of carbonyl (C=O) groups is 1. The molecule has 0 spiro atoms. The van der Waals surface area contributed by atoms with E-state index in [4.69, 9.17) is 28.1 Å². The van der Waals surface area contributed by atoms with Gasteiger partial charge < -0.3 is 28.1 Å². The Hall–Kier alpha value is -3.12. The standard InChI is InChI=1S/C24H29NO9S/c1-15-7-9-17(10-8-15)35(27,28)25(14-21(30-3)31-4)13-16-11-19(29-2)23-18(22(16)32-5)12-20(34-23)24(26)33-6/h7-12,21H,13-14H2,1-6H3. The Morgan fingerprint density at radius 2 is 1.66 bits per heavy atom. The van der Waals surface area contributed by atoms with Gasteiger partial charge in [0.15, 0.2) is 17.6 Å². The molecule has 11 heteroatoms. The van der Waals surface area contributed by atoms with Gasteiger partial charge in [0.05, 0.1) is 38.2 Å². The molecule has 1 aromatic heterocycles. The molecule has 3 rings (SSSR count). The molecule has 0 N–H and O–H groups in total. The summed E-state index contributed by atoms with van der Waals surface area (Å²) in [6.07, 6.45) is -0.813. The first kappa shape index (κ1) is 26.5. The molecule has 35 heavy (non-hydrogen) atoms. The van der Waals surface area contributed by atoms with Gasteiger partial charge in [0, 0.05) is 32.4 Å². The summed E-state index contributed by atoms with van der Waals surface area (Å²) in [5.74, 6) is -0.0819. The molecule has 0 bridgehead atoms. The minimum absolute atomic E-state index is 0.0424. The van der Waals surface area contributed by atoms with E-state index >= 15 is 0 Å². The fourth-order valence-electron chi connectivity index (χ4n) is 3.62. The molecule has 3 aromatic rings. The Balaban J connectivity index is 2.15. The molecule has 10 nitrogen and oxygen atoms in total. The van der Waals surface area contributed by atoms with Crippen molar-refractivity contribution < 1.29 is 41.3 Å². The van der Waals surface area contributed by atoms with Crippen LogP contribution in [-0.4, -0.2) is 67.1 Å². The molecule has 0 unspecified atom stereocenters. The second-order valence-corrected chi connectivity index (χ2v) is 9.57. The number of nitrogens with zero attached hydrogens (tertiary/aromatic N) is 1. The maximum Gasteiger partial charge on any atom is 0.373 e. The van der Waals surface area contributed by atoms with Crippen LogP contribution in [0.3, 0.4) is 0 Å². The van der Waals surface area contributed by atoms with Crippen LogP contribution in [0.2, 0.25) is 0 Å². The molecule has 0 radical (unpaired) electrons. The van der Waals surface area contributed by atoms with Crippen LogP contribution in [0.1, 0.15) is 21.7 Å².